The van der Waals surface area contributed by atoms with E-state index in [1.807, 2.05) is 14.0 Å². The van der Waals surface area contributed by atoms with Crippen molar-refractivity contribution in [2.45, 2.75) is 40.2 Å². The highest BCUT2D eigenvalue weighted by Gasteiger charge is 2.23. The lowest BCUT2D eigenvalue weighted by Gasteiger charge is -2.26. The van der Waals surface area contributed by atoms with Crippen LogP contribution in [0.1, 0.15) is 42.6 Å². The number of amides is 1. The van der Waals surface area contributed by atoms with Gasteiger partial charge >= 0.3 is 0 Å². The zero-order chi connectivity index (χ0) is 16.3. The summed E-state index contributed by atoms with van der Waals surface area (Å²) in [6, 6.07) is 1.96. The maximum absolute atomic E-state index is 12.7. The number of aryl methyl sites for hydroxylation is 1. The summed E-state index contributed by atoms with van der Waals surface area (Å²) >= 11 is 1.36. The Morgan fingerprint density at radius 1 is 1.27 bits per heavy atom. The maximum Gasteiger partial charge on any atom is 0.265 e. The van der Waals surface area contributed by atoms with Gasteiger partial charge in [-0.1, -0.05) is 13.8 Å². The number of aromatic nitrogens is 3. The highest BCUT2D eigenvalue weighted by molar-refractivity contribution is 7.17. The van der Waals surface area contributed by atoms with Gasteiger partial charge in [-0.05, 0) is 32.3 Å². The quantitative estimate of drug-likeness (QED) is 0.847. The molecular weight excluding hydrogens is 296 g/mol. The van der Waals surface area contributed by atoms with Crippen molar-refractivity contribution in [1.82, 2.24) is 19.9 Å². The van der Waals surface area contributed by atoms with Crippen LogP contribution in [0.3, 0.4) is 0 Å². The van der Waals surface area contributed by atoms with E-state index in [0.717, 1.165) is 12.1 Å². The van der Waals surface area contributed by atoms with Crippen LogP contribution in [-0.2, 0) is 0 Å². The minimum absolute atomic E-state index is 0.0188. The molecule has 1 amide bonds. The van der Waals surface area contributed by atoms with Gasteiger partial charge in [-0.3, -0.25) is 4.79 Å². The van der Waals surface area contributed by atoms with Gasteiger partial charge in [0.1, 0.15) is 4.88 Å². The molecule has 0 aliphatic carbocycles. The van der Waals surface area contributed by atoms with Crippen LogP contribution in [0.15, 0.2) is 18.5 Å². The highest BCUT2D eigenvalue weighted by atomic mass is 32.1. The van der Waals surface area contributed by atoms with Gasteiger partial charge in [-0.25, -0.2) is 15.0 Å². The molecule has 0 N–H and O–H groups in total. The van der Waals surface area contributed by atoms with Crippen molar-refractivity contribution in [3.05, 3.63) is 29.0 Å². The topological polar surface area (TPSA) is 59.0 Å². The van der Waals surface area contributed by atoms with Crippen molar-refractivity contribution in [3.63, 3.8) is 0 Å². The van der Waals surface area contributed by atoms with Crippen LogP contribution in [0.25, 0.3) is 10.8 Å². The van der Waals surface area contributed by atoms with Crippen molar-refractivity contribution in [1.29, 1.82) is 0 Å². The summed E-state index contributed by atoms with van der Waals surface area (Å²) in [4.78, 5) is 28.0. The smallest absolute Gasteiger partial charge is 0.265 e. The summed E-state index contributed by atoms with van der Waals surface area (Å²) in [5, 5.41) is 0.686. The minimum atomic E-state index is 0.0188. The molecule has 22 heavy (non-hydrogen) atoms. The molecule has 0 radical (unpaired) electrons. The summed E-state index contributed by atoms with van der Waals surface area (Å²) in [7, 11) is 1.85. The number of carbonyl (C=O) groups is 1. The molecule has 0 aliphatic rings. The predicted octanol–water partition coefficient (Wildman–Crippen LogP) is 3.42. The van der Waals surface area contributed by atoms with Crippen molar-refractivity contribution >= 4 is 17.2 Å². The molecule has 0 aliphatic heterocycles. The zero-order valence-corrected chi connectivity index (χ0v) is 14.5. The first-order valence-electron chi connectivity index (χ1n) is 7.42. The molecule has 0 fully saturated rings. The summed E-state index contributed by atoms with van der Waals surface area (Å²) in [5.74, 6) is 1.14. The largest absolute Gasteiger partial charge is 0.338 e. The molecule has 0 unspecified atom stereocenters. The molecule has 2 heterocycles. The fourth-order valence-corrected chi connectivity index (χ4v) is 3.30. The standard InChI is InChI=1S/C16H22N4OS/c1-10(2)9-11(3)20(5)16(21)13-12(4)19-15(22-13)14-17-7-6-8-18-14/h6-8,10-11H,9H2,1-5H3/t11-/m1/s1. The second kappa shape index (κ2) is 6.96. The molecule has 0 saturated heterocycles. The SMILES string of the molecule is Cc1nc(-c2ncccn2)sc1C(=O)N(C)[C@H](C)CC(C)C. The number of nitrogens with zero attached hydrogens (tertiary/aromatic N) is 4. The van der Waals surface area contributed by atoms with Crippen molar-refractivity contribution < 1.29 is 4.79 Å². The van der Waals surface area contributed by atoms with Crippen LogP contribution in [0, 0.1) is 12.8 Å². The summed E-state index contributed by atoms with van der Waals surface area (Å²) < 4.78 is 0. The molecular formula is C16H22N4OS. The van der Waals surface area contributed by atoms with Crippen molar-refractivity contribution in [2.24, 2.45) is 5.92 Å². The van der Waals surface area contributed by atoms with Gasteiger partial charge in [0.25, 0.3) is 5.91 Å². The third-order valence-corrected chi connectivity index (χ3v) is 4.68. The Morgan fingerprint density at radius 2 is 1.91 bits per heavy atom. The molecule has 0 bridgehead atoms. The second-order valence-corrected chi connectivity index (χ2v) is 6.90. The van der Waals surface area contributed by atoms with E-state index in [1.165, 1.54) is 11.3 Å². The molecule has 0 saturated carbocycles. The van der Waals surface area contributed by atoms with E-state index in [4.69, 9.17) is 0 Å². The molecule has 2 rings (SSSR count). The van der Waals surface area contributed by atoms with E-state index in [9.17, 15) is 4.79 Å². The van der Waals surface area contributed by atoms with Gasteiger partial charge in [-0.2, -0.15) is 0 Å². The first kappa shape index (κ1) is 16.5. The maximum atomic E-state index is 12.7. The Bertz CT molecular complexity index is 639. The van der Waals surface area contributed by atoms with Crippen LogP contribution < -0.4 is 0 Å². The fourth-order valence-electron chi connectivity index (χ4n) is 2.30. The average molecular weight is 318 g/mol. The number of rotatable bonds is 5. The number of carbonyl (C=O) groups excluding carboxylic acids is 1. The Labute approximate surface area is 135 Å². The lowest BCUT2D eigenvalue weighted by atomic mass is 10.0. The van der Waals surface area contributed by atoms with E-state index >= 15 is 0 Å². The van der Waals surface area contributed by atoms with Gasteiger partial charge in [0, 0.05) is 25.5 Å². The molecule has 1 atom stereocenters. The van der Waals surface area contributed by atoms with E-state index in [2.05, 4.69) is 35.7 Å². The van der Waals surface area contributed by atoms with E-state index in [1.54, 1.807) is 23.4 Å². The average Bonchev–Trinajstić information content (AvgIpc) is 2.88. The zero-order valence-electron chi connectivity index (χ0n) is 13.7. The summed E-state index contributed by atoms with van der Waals surface area (Å²) in [5.41, 5.74) is 0.737. The van der Waals surface area contributed by atoms with Crippen LogP contribution in [0.5, 0.6) is 0 Å². The Hall–Kier alpha value is -1.82. The van der Waals surface area contributed by atoms with Gasteiger partial charge in [0.05, 0.1) is 5.69 Å². The number of thiazole rings is 1. The number of hydrogen-bond acceptors (Lipinski definition) is 5. The van der Waals surface area contributed by atoms with Gasteiger partial charge < -0.3 is 4.90 Å². The van der Waals surface area contributed by atoms with Crippen LogP contribution in [-0.4, -0.2) is 38.8 Å². The van der Waals surface area contributed by atoms with Gasteiger partial charge in [-0.15, -0.1) is 11.3 Å². The van der Waals surface area contributed by atoms with Crippen molar-refractivity contribution in [2.75, 3.05) is 7.05 Å². The monoisotopic (exact) mass is 318 g/mol. The van der Waals surface area contributed by atoms with E-state index in [0.29, 0.717) is 21.6 Å². The van der Waals surface area contributed by atoms with E-state index < -0.39 is 0 Å². The molecule has 6 heteroatoms. The summed E-state index contributed by atoms with van der Waals surface area (Å²) in [6.07, 6.45) is 4.34. The van der Waals surface area contributed by atoms with Crippen LogP contribution >= 0.6 is 11.3 Å². The second-order valence-electron chi connectivity index (χ2n) is 5.90. The normalized spacial score (nSPS) is 12.5. The Morgan fingerprint density at radius 3 is 2.50 bits per heavy atom. The van der Waals surface area contributed by atoms with Crippen LogP contribution in [0.2, 0.25) is 0 Å². The molecule has 0 aromatic carbocycles. The molecule has 2 aromatic heterocycles. The summed E-state index contributed by atoms with van der Waals surface area (Å²) in [6.45, 7) is 8.27. The van der Waals surface area contributed by atoms with Gasteiger partial charge in [0.2, 0.25) is 0 Å². The molecule has 0 spiro atoms. The van der Waals surface area contributed by atoms with Gasteiger partial charge in [0.15, 0.2) is 10.8 Å². The van der Waals surface area contributed by atoms with Crippen molar-refractivity contribution in [3.8, 4) is 10.8 Å². The Kier molecular flexibility index (Phi) is 5.24. The molecule has 2 aromatic rings. The third kappa shape index (κ3) is 3.68. The van der Waals surface area contributed by atoms with E-state index in [-0.39, 0.29) is 11.9 Å². The third-order valence-electron chi connectivity index (χ3n) is 3.54. The lowest BCUT2D eigenvalue weighted by Crippen LogP contribution is -2.35. The molecule has 118 valence electrons. The minimum Gasteiger partial charge on any atom is -0.338 e. The first-order chi connectivity index (χ1) is 10.4. The highest BCUT2D eigenvalue weighted by Crippen LogP contribution is 2.27. The van der Waals surface area contributed by atoms with Crippen LogP contribution in [0.4, 0.5) is 0 Å². The lowest BCUT2D eigenvalue weighted by molar-refractivity contribution is 0.0732. The first-order valence-corrected chi connectivity index (χ1v) is 8.23. The predicted molar refractivity (Wildman–Crippen MR) is 88.9 cm³/mol. The molecule has 5 nitrogen and oxygen atoms in total. The number of hydrogen-bond donors (Lipinski definition) is 0. The fraction of sp³-hybridized carbons (Fsp3) is 0.500. The Balaban J connectivity index is 2.22.